The third-order valence-corrected chi connectivity index (χ3v) is 6.71. The fourth-order valence-corrected chi connectivity index (χ4v) is 5.08. The molecule has 3 nitrogen and oxygen atoms in total. The lowest BCUT2D eigenvalue weighted by molar-refractivity contribution is 0.391. The quantitative estimate of drug-likeness (QED) is 0.333. The Labute approximate surface area is 172 Å². The number of aromatic nitrogens is 1. The molecule has 5 rings (SSSR count). The zero-order valence-electron chi connectivity index (χ0n) is 16.0. The Morgan fingerprint density at radius 2 is 1.61 bits per heavy atom. The molecule has 1 aromatic heterocycles. The van der Waals surface area contributed by atoms with E-state index >= 15 is 0 Å². The van der Waals surface area contributed by atoms with Gasteiger partial charge in [0, 0.05) is 28.6 Å². The van der Waals surface area contributed by atoms with Crippen LogP contribution in [0.4, 0.5) is 0 Å². The molecule has 0 aliphatic heterocycles. The molecule has 0 bridgehead atoms. The van der Waals surface area contributed by atoms with Crippen molar-refractivity contribution >= 4 is 27.1 Å². The number of ether oxygens (including phenoxy) is 2. The van der Waals surface area contributed by atoms with E-state index < -0.39 is 0 Å². The molecule has 0 saturated heterocycles. The van der Waals surface area contributed by atoms with Gasteiger partial charge in [-0.1, -0.05) is 42.5 Å². The molecule has 0 radical (unpaired) electrons. The highest BCUT2D eigenvalue weighted by Crippen LogP contribution is 2.55. The highest BCUT2D eigenvalue weighted by molar-refractivity contribution is 9.08. The van der Waals surface area contributed by atoms with E-state index in [4.69, 9.17) is 9.47 Å². The molecular formula is C24H20BrNO2. The van der Waals surface area contributed by atoms with Crippen LogP contribution in [0, 0.1) is 6.92 Å². The Bertz CT molecular complexity index is 1220. The van der Waals surface area contributed by atoms with Crippen LogP contribution in [0.2, 0.25) is 0 Å². The van der Waals surface area contributed by atoms with Crippen LogP contribution in [0.5, 0.6) is 11.5 Å². The third-order valence-electron chi connectivity index (χ3n) is 5.80. The molecule has 1 heterocycles. The van der Waals surface area contributed by atoms with E-state index in [2.05, 4.69) is 81.3 Å². The normalized spacial score (nSPS) is 14.8. The molecule has 28 heavy (non-hydrogen) atoms. The van der Waals surface area contributed by atoms with Crippen molar-refractivity contribution in [1.29, 1.82) is 0 Å². The Morgan fingerprint density at radius 3 is 2.39 bits per heavy atom. The minimum Gasteiger partial charge on any atom is -0.497 e. The number of rotatable bonds is 3. The fraction of sp³-hybridized carbons (Fsp3) is 0.167. The van der Waals surface area contributed by atoms with Gasteiger partial charge in [-0.25, -0.2) is 0 Å². The number of halogens is 1. The largest absolute Gasteiger partial charge is 0.497 e. The van der Waals surface area contributed by atoms with Crippen molar-refractivity contribution in [2.45, 2.75) is 12.8 Å². The summed E-state index contributed by atoms with van der Waals surface area (Å²) in [4.78, 5) is 0. The van der Waals surface area contributed by atoms with Crippen LogP contribution >= 0.6 is 16.1 Å². The van der Waals surface area contributed by atoms with E-state index in [0.29, 0.717) is 0 Å². The summed E-state index contributed by atoms with van der Waals surface area (Å²) in [5.41, 5.74) is 8.61. The maximum Gasteiger partial charge on any atom is 0.127 e. The SMILES string of the molecule is COc1cc(OC)c2c(c1)-c1ccccc1C2c1c(C)n(Br)c2ccccc12. The van der Waals surface area contributed by atoms with Crippen LogP contribution in [0.15, 0.2) is 60.7 Å². The molecule has 0 saturated carbocycles. The topological polar surface area (TPSA) is 23.4 Å². The summed E-state index contributed by atoms with van der Waals surface area (Å²) >= 11 is 3.75. The highest BCUT2D eigenvalue weighted by atomic mass is 79.9. The van der Waals surface area contributed by atoms with E-state index in [0.717, 1.165) is 11.5 Å². The van der Waals surface area contributed by atoms with Crippen LogP contribution in [-0.2, 0) is 0 Å². The molecule has 4 heteroatoms. The second-order valence-electron chi connectivity index (χ2n) is 7.11. The minimum atomic E-state index is 0.107. The number of hydrogen-bond acceptors (Lipinski definition) is 2. The number of para-hydroxylation sites is 1. The zero-order valence-corrected chi connectivity index (χ0v) is 17.6. The highest BCUT2D eigenvalue weighted by Gasteiger charge is 2.36. The molecule has 0 N–H and O–H groups in total. The Hall–Kier alpha value is -2.72. The zero-order chi connectivity index (χ0) is 19.4. The van der Waals surface area contributed by atoms with Gasteiger partial charge in [-0.3, -0.25) is 3.59 Å². The fourth-order valence-electron chi connectivity index (χ4n) is 4.58. The lowest BCUT2D eigenvalue weighted by atomic mass is 9.87. The van der Waals surface area contributed by atoms with Crippen LogP contribution in [0.3, 0.4) is 0 Å². The van der Waals surface area contributed by atoms with Crippen LogP contribution in [0.25, 0.3) is 22.0 Å². The summed E-state index contributed by atoms with van der Waals surface area (Å²) in [7, 11) is 3.43. The van der Waals surface area contributed by atoms with Gasteiger partial charge in [-0.2, -0.15) is 0 Å². The minimum absolute atomic E-state index is 0.107. The molecule has 1 atom stereocenters. The predicted octanol–water partition coefficient (Wildman–Crippen LogP) is 6.29. The first-order valence-electron chi connectivity index (χ1n) is 9.27. The van der Waals surface area contributed by atoms with E-state index in [-0.39, 0.29) is 5.92 Å². The summed E-state index contributed by atoms with van der Waals surface area (Å²) in [6, 6.07) is 21.3. The number of benzene rings is 3. The van der Waals surface area contributed by atoms with Crippen molar-refractivity contribution in [1.82, 2.24) is 3.59 Å². The molecule has 0 amide bonds. The van der Waals surface area contributed by atoms with Gasteiger partial charge in [-0.15, -0.1) is 0 Å². The van der Waals surface area contributed by atoms with Gasteiger partial charge < -0.3 is 9.47 Å². The summed E-state index contributed by atoms with van der Waals surface area (Å²) in [5.74, 6) is 1.78. The van der Waals surface area contributed by atoms with Gasteiger partial charge in [0.05, 0.1) is 35.9 Å². The average Bonchev–Trinajstić information content (AvgIpc) is 3.19. The Balaban J connectivity index is 1.90. The van der Waals surface area contributed by atoms with E-state index in [1.165, 1.54) is 44.4 Å². The molecule has 3 aromatic carbocycles. The third kappa shape index (κ3) is 2.27. The Kier molecular flexibility index (Phi) is 3.98. The molecule has 1 unspecified atom stereocenters. The van der Waals surface area contributed by atoms with Gasteiger partial charge in [0.25, 0.3) is 0 Å². The molecule has 0 spiro atoms. The van der Waals surface area contributed by atoms with Gasteiger partial charge in [0.15, 0.2) is 0 Å². The maximum atomic E-state index is 5.84. The second-order valence-corrected chi connectivity index (χ2v) is 7.82. The first kappa shape index (κ1) is 17.4. The summed E-state index contributed by atoms with van der Waals surface area (Å²) in [6.07, 6.45) is 0. The second kappa shape index (κ2) is 6.42. The first-order valence-corrected chi connectivity index (χ1v) is 9.98. The van der Waals surface area contributed by atoms with E-state index in [9.17, 15) is 0 Å². The maximum absolute atomic E-state index is 5.84. The van der Waals surface area contributed by atoms with Crippen molar-refractivity contribution in [3.63, 3.8) is 0 Å². The first-order chi connectivity index (χ1) is 13.7. The van der Waals surface area contributed by atoms with Crippen molar-refractivity contribution in [3.8, 4) is 22.6 Å². The number of nitrogens with zero attached hydrogens (tertiary/aromatic N) is 1. The smallest absolute Gasteiger partial charge is 0.127 e. The standard InChI is InChI=1S/C24H20BrNO2/c1-14-22(18-10-6-7-11-20(18)26(14)25)24-17-9-5-4-8-16(17)19-12-15(27-2)13-21(28-3)23(19)24/h4-13,24H,1-3H3. The lowest BCUT2D eigenvalue weighted by Crippen LogP contribution is -2.03. The van der Waals surface area contributed by atoms with Gasteiger partial charge in [0.1, 0.15) is 11.5 Å². The molecule has 140 valence electrons. The molecule has 4 aromatic rings. The number of methoxy groups -OCH3 is 2. The van der Waals surface area contributed by atoms with Crippen molar-refractivity contribution in [3.05, 3.63) is 83.0 Å². The van der Waals surface area contributed by atoms with Crippen molar-refractivity contribution < 1.29 is 9.47 Å². The van der Waals surface area contributed by atoms with Gasteiger partial charge in [0.2, 0.25) is 0 Å². The Morgan fingerprint density at radius 1 is 0.857 bits per heavy atom. The van der Waals surface area contributed by atoms with Gasteiger partial charge >= 0.3 is 0 Å². The number of hydrogen-bond donors (Lipinski definition) is 0. The average molecular weight is 434 g/mol. The number of fused-ring (bicyclic) bond motifs is 4. The lowest BCUT2D eigenvalue weighted by Gasteiger charge is -2.18. The summed E-state index contributed by atoms with van der Waals surface area (Å²) < 4.78 is 13.5. The van der Waals surface area contributed by atoms with Gasteiger partial charge in [-0.05, 0) is 41.3 Å². The summed E-state index contributed by atoms with van der Waals surface area (Å²) in [5, 5.41) is 1.25. The predicted molar refractivity (Wildman–Crippen MR) is 117 cm³/mol. The van der Waals surface area contributed by atoms with Crippen LogP contribution in [-0.4, -0.2) is 17.8 Å². The molecule has 1 aliphatic rings. The van der Waals surface area contributed by atoms with Crippen LogP contribution in [0.1, 0.15) is 28.3 Å². The molecule has 1 aliphatic carbocycles. The van der Waals surface area contributed by atoms with Crippen LogP contribution < -0.4 is 9.47 Å². The van der Waals surface area contributed by atoms with Crippen molar-refractivity contribution in [2.24, 2.45) is 0 Å². The molecule has 0 fully saturated rings. The van der Waals surface area contributed by atoms with E-state index in [1.807, 2.05) is 6.07 Å². The monoisotopic (exact) mass is 433 g/mol. The molecular weight excluding hydrogens is 414 g/mol. The van der Waals surface area contributed by atoms with E-state index in [1.54, 1.807) is 14.2 Å². The van der Waals surface area contributed by atoms with Crippen molar-refractivity contribution in [2.75, 3.05) is 14.2 Å². The summed E-state index contributed by atoms with van der Waals surface area (Å²) in [6.45, 7) is 2.17.